The van der Waals surface area contributed by atoms with Gasteiger partial charge in [-0.3, -0.25) is 9.78 Å². The standard InChI is InChI=1S/C24H19Cl2N5O2/c1-15-4-5-19(29-23(32)14-33-20-10-17(25)9-18(26)11-20)12-22(15)31-24-28-8-6-21(30-24)16-3-2-7-27-13-16/h2-13H,14H2,1H3,(H,29,32)(H,28,30,31). The Kier molecular flexibility index (Phi) is 7.02. The molecule has 0 aliphatic heterocycles. The Balaban J connectivity index is 1.43. The number of nitrogens with zero attached hydrogens (tertiary/aromatic N) is 3. The molecule has 0 atom stereocenters. The summed E-state index contributed by atoms with van der Waals surface area (Å²) in [6.07, 6.45) is 5.13. The number of nitrogens with one attached hydrogen (secondary N) is 2. The predicted molar refractivity (Wildman–Crippen MR) is 130 cm³/mol. The van der Waals surface area contributed by atoms with E-state index in [1.165, 1.54) is 0 Å². The van der Waals surface area contributed by atoms with Crippen molar-refractivity contribution in [2.24, 2.45) is 0 Å². The van der Waals surface area contributed by atoms with Crippen LogP contribution in [0, 0.1) is 6.92 Å². The van der Waals surface area contributed by atoms with Crippen LogP contribution in [0.3, 0.4) is 0 Å². The van der Waals surface area contributed by atoms with Crippen molar-refractivity contribution in [3.63, 3.8) is 0 Å². The van der Waals surface area contributed by atoms with Crippen molar-refractivity contribution in [3.05, 3.63) is 88.8 Å². The molecule has 1 amide bonds. The number of benzene rings is 2. The van der Waals surface area contributed by atoms with Gasteiger partial charge in [-0.2, -0.15) is 0 Å². The first-order chi connectivity index (χ1) is 16.0. The maximum absolute atomic E-state index is 12.4. The van der Waals surface area contributed by atoms with Gasteiger partial charge < -0.3 is 15.4 Å². The summed E-state index contributed by atoms with van der Waals surface area (Å²) < 4.78 is 5.48. The van der Waals surface area contributed by atoms with Crippen molar-refractivity contribution in [1.82, 2.24) is 15.0 Å². The fourth-order valence-electron chi connectivity index (χ4n) is 3.01. The third kappa shape index (κ3) is 6.19. The molecule has 4 aromatic rings. The Labute approximate surface area is 200 Å². The SMILES string of the molecule is Cc1ccc(NC(=O)COc2cc(Cl)cc(Cl)c2)cc1Nc1nccc(-c2cccnc2)n1. The lowest BCUT2D eigenvalue weighted by molar-refractivity contribution is -0.118. The molecule has 0 aliphatic carbocycles. The lowest BCUT2D eigenvalue weighted by Gasteiger charge is -2.12. The minimum atomic E-state index is -0.323. The van der Waals surface area contributed by atoms with E-state index in [-0.39, 0.29) is 12.5 Å². The van der Waals surface area contributed by atoms with E-state index in [2.05, 4.69) is 25.6 Å². The number of rotatable bonds is 7. The van der Waals surface area contributed by atoms with Crippen LogP contribution in [0.1, 0.15) is 5.56 Å². The van der Waals surface area contributed by atoms with Gasteiger partial charge in [0.05, 0.1) is 5.69 Å². The second-order valence-corrected chi connectivity index (χ2v) is 7.98. The number of carbonyl (C=O) groups is 1. The molecule has 33 heavy (non-hydrogen) atoms. The van der Waals surface area contributed by atoms with Crippen LogP contribution in [-0.4, -0.2) is 27.5 Å². The van der Waals surface area contributed by atoms with Gasteiger partial charge in [0.1, 0.15) is 5.75 Å². The Morgan fingerprint density at radius 1 is 1.03 bits per heavy atom. The Hall–Kier alpha value is -3.68. The van der Waals surface area contributed by atoms with E-state index in [9.17, 15) is 4.79 Å². The third-order valence-electron chi connectivity index (χ3n) is 4.59. The van der Waals surface area contributed by atoms with Gasteiger partial charge in [0, 0.05) is 45.6 Å². The van der Waals surface area contributed by atoms with Gasteiger partial charge in [-0.15, -0.1) is 0 Å². The van der Waals surface area contributed by atoms with Crippen LogP contribution in [0.15, 0.2) is 73.2 Å². The summed E-state index contributed by atoms with van der Waals surface area (Å²) in [6, 6.07) is 15.9. The van der Waals surface area contributed by atoms with Crippen molar-refractivity contribution >= 4 is 46.4 Å². The quantitative estimate of drug-likeness (QED) is 0.342. The summed E-state index contributed by atoms with van der Waals surface area (Å²) in [5.41, 5.74) is 3.97. The second-order valence-electron chi connectivity index (χ2n) is 7.10. The molecular formula is C24H19Cl2N5O2. The molecule has 166 valence electrons. The highest BCUT2D eigenvalue weighted by atomic mass is 35.5. The lowest BCUT2D eigenvalue weighted by Crippen LogP contribution is -2.20. The highest BCUT2D eigenvalue weighted by Crippen LogP contribution is 2.25. The Morgan fingerprint density at radius 3 is 2.61 bits per heavy atom. The molecule has 0 aliphatic rings. The second kappa shape index (κ2) is 10.3. The number of aryl methyl sites for hydroxylation is 1. The summed E-state index contributed by atoms with van der Waals surface area (Å²) >= 11 is 11.9. The zero-order valence-electron chi connectivity index (χ0n) is 17.5. The van der Waals surface area contributed by atoms with E-state index >= 15 is 0 Å². The average molecular weight is 480 g/mol. The summed E-state index contributed by atoms with van der Waals surface area (Å²) in [7, 11) is 0. The molecule has 0 saturated carbocycles. The molecule has 0 radical (unpaired) electrons. The molecule has 7 nitrogen and oxygen atoms in total. The molecule has 0 spiro atoms. The van der Waals surface area contributed by atoms with Crippen LogP contribution >= 0.6 is 23.2 Å². The molecule has 4 rings (SSSR count). The maximum atomic E-state index is 12.4. The summed E-state index contributed by atoms with van der Waals surface area (Å²) in [5.74, 6) is 0.527. The summed E-state index contributed by atoms with van der Waals surface area (Å²) in [6.45, 7) is 1.76. The first kappa shape index (κ1) is 22.5. The van der Waals surface area contributed by atoms with Crippen molar-refractivity contribution in [1.29, 1.82) is 0 Å². The molecule has 2 N–H and O–H groups in total. The largest absolute Gasteiger partial charge is 0.484 e. The normalized spacial score (nSPS) is 10.5. The van der Waals surface area contributed by atoms with Gasteiger partial charge in [0.15, 0.2) is 6.61 Å². The highest BCUT2D eigenvalue weighted by molar-refractivity contribution is 6.34. The Bertz CT molecular complexity index is 1260. The van der Waals surface area contributed by atoms with Gasteiger partial charge in [0.25, 0.3) is 5.91 Å². The van der Waals surface area contributed by atoms with Gasteiger partial charge in [-0.1, -0.05) is 29.3 Å². The van der Waals surface area contributed by atoms with Gasteiger partial charge in [-0.25, -0.2) is 9.97 Å². The third-order valence-corrected chi connectivity index (χ3v) is 5.02. The van der Waals surface area contributed by atoms with Crippen LogP contribution in [-0.2, 0) is 4.79 Å². The molecule has 2 aromatic heterocycles. The summed E-state index contributed by atoms with van der Waals surface area (Å²) in [4.78, 5) is 25.3. The van der Waals surface area contributed by atoms with E-state index < -0.39 is 0 Å². The Morgan fingerprint density at radius 2 is 1.85 bits per heavy atom. The van der Waals surface area contributed by atoms with Crippen LogP contribution in [0.2, 0.25) is 10.0 Å². The van der Waals surface area contributed by atoms with E-state index in [0.717, 1.165) is 22.5 Å². The van der Waals surface area contributed by atoms with E-state index in [1.807, 2.05) is 43.3 Å². The van der Waals surface area contributed by atoms with Gasteiger partial charge >= 0.3 is 0 Å². The minimum Gasteiger partial charge on any atom is -0.484 e. The molecule has 0 unspecified atom stereocenters. The van der Waals surface area contributed by atoms with Gasteiger partial charge in [0.2, 0.25) is 5.95 Å². The number of halogens is 2. The molecule has 2 aromatic carbocycles. The number of anilines is 3. The average Bonchev–Trinajstić information content (AvgIpc) is 2.80. The number of pyridine rings is 1. The summed E-state index contributed by atoms with van der Waals surface area (Å²) in [5, 5.41) is 6.89. The maximum Gasteiger partial charge on any atom is 0.262 e. The molecule has 9 heteroatoms. The molecule has 0 fully saturated rings. The van der Waals surface area contributed by atoms with Gasteiger partial charge in [-0.05, 0) is 61.0 Å². The zero-order chi connectivity index (χ0) is 23.2. The number of hydrogen-bond donors (Lipinski definition) is 2. The fraction of sp³-hybridized carbons (Fsp3) is 0.0833. The highest BCUT2D eigenvalue weighted by Gasteiger charge is 2.09. The zero-order valence-corrected chi connectivity index (χ0v) is 19.1. The van der Waals surface area contributed by atoms with Crippen molar-refractivity contribution in [2.75, 3.05) is 17.2 Å². The number of hydrogen-bond acceptors (Lipinski definition) is 6. The first-order valence-corrected chi connectivity index (χ1v) is 10.7. The number of carbonyl (C=O) groups excluding carboxylic acids is 1. The van der Waals surface area contributed by atoms with Crippen molar-refractivity contribution in [2.45, 2.75) is 6.92 Å². The van der Waals surface area contributed by atoms with Crippen LogP contribution < -0.4 is 15.4 Å². The van der Waals surface area contributed by atoms with Crippen LogP contribution in [0.4, 0.5) is 17.3 Å². The smallest absolute Gasteiger partial charge is 0.262 e. The lowest BCUT2D eigenvalue weighted by atomic mass is 10.1. The molecular weight excluding hydrogens is 461 g/mol. The topological polar surface area (TPSA) is 89.0 Å². The predicted octanol–water partition coefficient (Wildman–Crippen LogP) is 5.91. The van der Waals surface area contributed by atoms with Crippen molar-refractivity contribution in [3.8, 4) is 17.0 Å². The molecule has 2 heterocycles. The van der Waals surface area contributed by atoms with Crippen LogP contribution in [0.25, 0.3) is 11.3 Å². The monoisotopic (exact) mass is 479 g/mol. The minimum absolute atomic E-state index is 0.191. The van der Waals surface area contributed by atoms with E-state index in [0.29, 0.717) is 27.4 Å². The molecule has 0 saturated heterocycles. The fourth-order valence-corrected chi connectivity index (χ4v) is 3.51. The van der Waals surface area contributed by atoms with E-state index in [4.69, 9.17) is 27.9 Å². The number of ether oxygens (including phenoxy) is 1. The number of aromatic nitrogens is 3. The first-order valence-electron chi connectivity index (χ1n) is 9.96. The molecule has 0 bridgehead atoms. The number of amides is 1. The van der Waals surface area contributed by atoms with Crippen LogP contribution in [0.5, 0.6) is 5.75 Å². The van der Waals surface area contributed by atoms with E-state index in [1.54, 1.807) is 36.8 Å². The van der Waals surface area contributed by atoms with Crippen molar-refractivity contribution < 1.29 is 9.53 Å².